The van der Waals surface area contributed by atoms with Crippen LogP contribution in [0.25, 0.3) is 0 Å². The number of carbonyl (C=O) groups is 1. The Balaban J connectivity index is 1.65. The van der Waals surface area contributed by atoms with Gasteiger partial charge in [0.1, 0.15) is 0 Å². The van der Waals surface area contributed by atoms with Gasteiger partial charge in [0.05, 0.1) is 18.8 Å². The van der Waals surface area contributed by atoms with Crippen molar-refractivity contribution in [1.82, 2.24) is 9.88 Å². The van der Waals surface area contributed by atoms with Gasteiger partial charge in [-0.2, -0.15) is 0 Å². The van der Waals surface area contributed by atoms with Gasteiger partial charge in [-0.05, 0) is 18.9 Å². The topological polar surface area (TPSA) is 54.8 Å². The second kappa shape index (κ2) is 5.04. The molecule has 118 valence electrons. The van der Waals surface area contributed by atoms with Crippen LogP contribution in [0.15, 0.2) is 29.7 Å². The van der Waals surface area contributed by atoms with Gasteiger partial charge in [-0.25, -0.2) is 4.39 Å². The van der Waals surface area contributed by atoms with E-state index in [9.17, 15) is 9.18 Å². The number of rotatable bonds is 3. The fraction of sp³-hybridized carbons (Fsp3) is 0.562. The second-order valence-electron chi connectivity index (χ2n) is 6.60. The van der Waals surface area contributed by atoms with E-state index in [-0.39, 0.29) is 24.9 Å². The van der Waals surface area contributed by atoms with Gasteiger partial charge in [-0.15, -0.1) is 0 Å². The number of aromatic nitrogens is 1. The lowest BCUT2D eigenvalue weighted by Crippen LogP contribution is -2.63. The van der Waals surface area contributed by atoms with Gasteiger partial charge in [0.2, 0.25) is 5.60 Å². The van der Waals surface area contributed by atoms with Gasteiger partial charge >= 0.3 is 0 Å². The molecule has 22 heavy (non-hydrogen) atoms. The highest BCUT2D eigenvalue weighted by Crippen LogP contribution is 2.39. The van der Waals surface area contributed by atoms with Crippen LogP contribution in [0.4, 0.5) is 4.39 Å². The van der Waals surface area contributed by atoms with Crippen LogP contribution in [0.2, 0.25) is 0 Å². The van der Waals surface area contributed by atoms with E-state index in [1.165, 1.54) is 11.1 Å². The Bertz CT molecular complexity index is 611. The molecule has 0 aliphatic carbocycles. The van der Waals surface area contributed by atoms with E-state index in [1.807, 2.05) is 13.8 Å². The number of alkyl halides is 1. The molecule has 1 aromatic heterocycles. The Hall–Kier alpha value is -1.98. The first kappa shape index (κ1) is 14.9. The predicted molar refractivity (Wildman–Crippen MR) is 80.0 cm³/mol. The molecule has 2 aliphatic heterocycles. The Labute approximate surface area is 129 Å². The predicted octanol–water partition coefficient (Wildman–Crippen LogP) is 2.28. The summed E-state index contributed by atoms with van der Waals surface area (Å²) < 4.78 is 14.8. The number of halogens is 1. The molecule has 0 spiro atoms. The summed E-state index contributed by atoms with van der Waals surface area (Å²) in [6, 6.07) is 3.40. The van der Waals surface area contributed by atoms with Crippen molar-refractivity contribution in [2.75, 3.05) is 13.1 Å². The second-order valence-corrected chi connectivity index (χ2v) is 6.60. The number of carbonyl (C=O) groups excluding carboxylic acids is 1. The van der Waals surface area contributed by atoms with Crippen LogP contribution in [-0.2, 0) is 15.3 Å². The molecule has 0 saturated carbocycles. The van der Waals surface area contributed by atoms with Crippen LogP contribution in [0.5, 0.6) is 0 Å². The summed E-state index contributed by atoms with van der Waals surface area (Å²) >= 11 is 0. The van der Waals surface area contributed by atoms with Gasteiger partial charge in [0.15, 0.2) is 5.67 Å². The molecule has 1 fully saturated rings. The molecule has 5 nitrogen and oxygen atoms in total. The lowest BCUT2D eigenvalue weighted by molar-refractivity contribution is -0.168. The van der Waals surface area contributed by atoms with Gasteiger partial charge in [0, 0.05) is 24.4 Å². The van der Waals surface area contributed by atoms with E-state index in [0.29, 0.717) is 12.0 Å². The quantitative estimate of drug-likeness (QED) is 0.861. The average molecular weight is 305 g/mol. The van der Waals surface area contributed by atoms with Crippen LogP contribution in [-0.4, -0.2) is 40.2 Å². The maximum absolute atomic E-state index is 14.8. The molecule has 3 heterocycles. The third kappa shape index (κ3) is 2.36. The number of hydrogen-bond donors (Lipinski definition) is 0. The summed E-state index contributed by atoms with van der Waals surface area (Å²) in [7, 11) is 0. The normalized spacial score (nSPS) is 26.4. The highest BCUT2D eigenvalue weighted by Gasteiger charge is 2.53. The minimum atomic E-state index is -1.51. The monoisotopic (exact) mass is 305 g/mol. The lowest BCUT2D eigenvalue weighted by Gasteiger charge is -2.46. The first-order valence-corrected chi connectivity index (χ1v) is 7.48. The summed E-state index contributed by atoms with van der Waals surface area (Å²) in [5, 5.41) is 4.01. The molecule has 1 amide bonds. The Morgan fingerprint density at radius 1 is 1.45 bits per heavy atom. The van der Waals surface area contributed by atoms with Crippen molar-refractivity contribution in [3.8, 4) is 0 Å². The fourth-order valence-corrected chi connectivity index (χ4v) is 2.84. The molecule has 1 saturated heterocycles. The number of likely N-dealkylation sites (tertiary alicyclic amines) is 1. The number of hydrogen-bond acceptors (Lipinski definition) is 4. The highest BCUT2D eigenvalue weighted by atomic mass is 19.1. The molecule has 1 aromatic rings. The minimum Gasteiger partial charge on any atom is -0.379 e. The smallest absolute Gasteiger partial charge is 0.269 e. The molecular formula is C16H20FN3O2. The van der Waals surface area contributed by atoms with E-state index >= 15 is 0 Å². The van der Waals surface area contributed by atoms with E-state index in [0.717, 1.165) is 5.71 Å². The van der Waals surface area contributed by atoms with E-state index < -0.39 is 11.3 Å². The van der Waals surface area contributed by atoms with Gasteiger partial charge in [0.25, 0.3) is 5.91 Å². The van der Waals surface area contributed by atoms with Crippen molar-refractivity contribution < 1.29 is 14.0 Å². The zero-order valence-corrected chi connectivity index (χ0v) is 13.0. The maximum atomic E-state index is 14.8. The third-order valence-electron chi connectivity index (χ3n) is 4.35. The molecular weight excluding hydrogens is 285 g/mol. The maximum Gasteiger partial charge on any atom is 0.269 e. The number of pyridine rings is 1. The Morgan fingerprint density at radius 3 is 2.73 bits per heavy atom. The minimum absolute atomic E-state index is 0.0352. The molecule has 1 atom stereocenters. The molecule has 3 rings (SSSR count). The van der Waals surface area contributed by atoms with E-state index in [4.69, 9.17) is 4.84 Å². The van der Waals surface area contributed by atoms with Gasteiger partial charge in [-0.3, -0.25) is 9.78 Å². The lowest BCUT2D eigenvalue weighted by atomic mass is 9.86. The first-order valence-electron chi connectivity index (χ1n) is 7.48. The van der Waals surface area contributed by atoms with Crippen molar-refractivity contribution in [2.24, 2.45) is 11.1 Å². The SMILES string of the molecule is CC(C)C1=NOC(C)(C(=O)N2CC(F)(c3cccnc3)C2)C1. The van der Waals surface area contributed by atoms with Crippen molar-refractivity contribution in [3.63, 3.8) is 0 Å². The largest absolute Gasteiger partial charge is 0.379 e. The first-order chi connectivity index (χ1) is 10.3. The van der Waals surface area contributed by atoms with Crippen molar-refractivity contribution in [3.05, 3.63) is 30.1 Å². The molecule has 1 unspecified atom stereocenters. The summed E-state index contributed by atoms with van der Waals surface area (Å²) in [6.45, 7) is 5.81. The van der Waals surface area contributed by atoms with Crippen molar-refractivity contribution in [2.45, 2.75) is 38.5 Å². The number of oxime groups is 1. The average Bonchev–Trinajstić information content (AvgIpc) is 2.88. The van der Waals surface area contributed by atoms with Crippen LogP contribution < -0.4 is 0 Å². The summed E-state index contributed by atoms with van der Waals surface area (Å²) in [5.74, 6) is 0.0331. The summed E-state index contributed by atoms with van der Waals surface area (Å²) in [5.41, 5.74) is -1.14. The molecule has 0 bridgehead atoms. The van der Waals surface area contributed by atoms with Gasteiger partial charge in [-0.1, -0.05) is 25.1 Å². The Morgan fingerprint density at radius 2 is 2.18 bits per heavy atom. The van der Waals surface area contributed by atoms with Crippen molar-refractivity contribution in [1.29, 1.82) is 0 Å². The zero-order valence-electron chi connectivity index (χ0n) is 13.0. The van der Waals surface area contributed by atoms with E-state index in [2.05, 4.69) is 10.1 Å². The van der Waals surface area contributed by atoms with Gasteiger partial charge < -0.3 is 9.74 Å². The van der Waals surface area contributed by atoms with Crippen LogP contribution in [0.3, 0.4) is 0 Å². The zero-order chi connectivity index (χ0) is 16.0. The summed E-state index contributed by atoms with van der Waals surface area (Å²) in [6.07, 6.45) is 3.58. The molecule has 0 radical (unpaired) electrons. The van der Waals surface area contributed by atoms with E-state index in [1.54, 1.807) is 25.3 Å². The third-order valence-corrected chi connectivity index (χ3v) is 4.35. The highest BCUT2D eigenvalue weighted by molar-refractivity contribution is 5.96. The standard InChI is InChI=1S/C16H20FN3O2/c1-11(2)13-7-15(3,22-19-13)14(21)20-9-16(17,10-20)12-5-4-6-18-8-12/h4-6,8,11H,7,9-10H2,1-3H3. The molecule has 0 aromatic carbocycles. The van der Waals surface area contributed by atoms with Crippen molar-refractivity contribution >= 4 is 11.6 Å². The molecule has 0 N–H and O–H groups in total. The van der Waals surface area contributed by atoms with Crippen LogP contribution in [0.1, 0.15) is 32.8 Å². The number of amides is 1. The molecule has 2 aliphatic rings. The van der Waals surface area contributed by atoms with Crippen LogP contribution in [0, 0.1) is 5.92 Å². The number of nitrogens with zero attached hydrogens (tertiary/aromatic N) is 3. The van der Waals surface area contributed by atoms with Crippen LogP contribution >= 0.6 is 0 Å². The Kier molecular flexibility index (Phi) is 3.42. The fourth-order valence-electron chi connectivity index (χ4n) is 2.84. The molecule has 6 heteroatoms. The summed E-state index contributed by atoms with van der Waals surface area (Å²) in [4.78, 5) is 23.4.